The van der Waals surface area contributed by atoms with Gasteiger partial charge in [0.1, 0.15) is 5.00 Å². The number of aryl methyl sites for hydroxylation is 1. The van der Waals surface area contributed by atoms with Crippen molar-refractivity contribution in [2.24, 2.45) is 0 Å². The highest BCUT2D eigenvalue weighted by Crippen LogP contribution is 2.34. The molecule has 0 atom stereocenters. The van der Waals surface area contributed by atoms with E-state index in [2.05, 4.69) is 15.1 Å². The Morgan fingerprint density at radius 2 is 1.93 bits per heavy atom. The van der Waals surface area contributed by atoms with Gasteiger partial charge in [-0.25, -0.2) is 4.79 Å². The van der Waals surface area contributed by atoms with Crippen molar-refractivity contribution in [2.45, 2.75) is 20.3 Å². The second-order valence-electron chi connectivity index (χ2n) is 6.69. The second kappa shape index (κ2) is 9.51. The van der Waals surface area contributed by atoms with Gasteiger partial charge in [-0.1, -0.05) is 30.1 Å². The van der Waals surface area contributed by atoms with Gasteiger partial charge in [-0.15, -0.1) is 11.3 Å². The highest BCUT2D eigenvalue weighted by molar-refractivity contribution is 7.80. The zero-order chi connectivity index (χ0) is 21.1. The topological polar surface area (TPSA) is 44.8 Å². The van der Waals surface area contributed by atoms with Crippen LogP contribution < -0.4 is 10.2 Å². The fraction of sp³-hybridized carbons (Fsp3) is 0.400. The van der Waals surface area contributed by atoms with E-state index in [9.17, 15) is 4.79 Å². The minimum Gasteiger partial charge on any atom is -0.465 e. The highest BCUT2D eigenvalue weighted by Gasteiger charge is 2.25. The van der Waals surface area contributed by atoms with Crippen LogP contribution in [0.25, 0.3) is 0 Å². The third kappa shape index (κ3) is 4.79. The molecule has 5 nitrogen and oxygen atoms in total. The van der Waals surface area contributed by atoms with Crippen molar-refractivity contribution in [1.29, 1.82) is 0 Å². The summed E-state index contributed by atoms with van der Waals surface area (Å²) >= 11 is 19.3. The summed E-state index contributed by atoms with van der Waals surface area (Å²) < 4.78 is 4.98. The van der Waals surface area contributed by atoms with Gasteiger partial charge in [-0.2, -0.15) is 0 Å². The maximum Gasteiger partial charge on any atom is 0.341 e. The van der Waals surface area contributed by atoms with Gasteiger partial charge in [-0.05, 0) is 49.3 Å². The minimum atomic E-state index is -0.332. The Balaban J connectivity index is 1.67. The van der Waals surface area contributed by atoms with E-state index in [1.807, 2.05) is 32.0 Å². The predicted octanol–water partition coefficient (Wildman–Crippen LogP) is 5.23. The van der Waals surface area contributed by atoms with Crippen LogP contribution in [0, 0.1) is 6.92 Å². The molecule has 1 fully saturated rings. The van der Waals surface area contributed by atoms with Gasteiger partial charge < -0.3 is 19.9 Å². The molecule has 0 amide bonds. The molecule has 3 rings (SSSR count). The summed E-state index contributed by atoms with van der Waals surface area (Å²) in [5, 5.41) is 5.76. The number of methoxy groups -OCH3 is 1. The molecule has 1 aromatic carbocycles. The molecule has 0 radical (unpaired) electrons. The van der Waals surface area contributed by atoms with Crippen molar-refractivity contribution in [3.05, 3.63) is 44.2 Å². The Morgan fingerprint density at radius 1 is 1.24 bits per heavy atom. The van der Waals surface area contributed by atoms with E-state index in [-0.39, 0.29) is 5.97 Å². The van der Waals surface area contributed by atoms with Gasteiger partial charge in [0.25, 0.3) is 0 Å². The molecule has 0 bridgehead atoms. The summed E-state index contributed by atoms with van der Waals surface area (Å²) in [5.74, 6) is -0.332. The molecular weight excluding hydrogens is 449 g/mol. The maximum atomic E-state index is 12.3. The molecule has 1 N–H and O–H groups in total. The molecule has 1 aliphatic heterocycles. The van der Waals surface area contributed by atoms with Crippen molar-refractivity contribution in [2.75, 3.05) is 43.5 Å². The van der Waals surface area contributed by atoms with Crippen LogP contribution in [0.5, 0.6) is 0 Å². The predicted molar refractivity (Wildman–Crippen MR) is 126 cm³/mol. The number of ether oxygens (including phenoxy) is 1. The lowest BCUT2D eigenvalue weighted by Gasteiger charge is -2.37. The summed E-state index contributed by atoms with van der Waals surface area (Å²) in [4.78, 5) is 17.8. The largest absolute Gasteiger partial charge is 0.465 e. The first-order valence-corrected chi connectivity index (χ1v) is 11.3. The van der Waals surface area contributed by atoms with Crippen LogP contribution in [0.1, 0.15) is 27.7 Å². The Kier molecular flexibility index (Phi) is 7.27. The number of thiophene rings is 1. The average Bonchev–Trinajstić information content (AvgIpc) is 3.04. The number of piperazine rings is 1. The summed E-state index contributed by atoms with van der Waals surface area (Å²) in [7, 11) is 1.40. The zero-order valence-corrected chi connectivity index (χ0v) is 19.7. The number of hydrogen-bond acceptors (Lipinski definition) is 5. The summed E-state index contributed by atoms with van der Waals surface area (Å²) in [6.45, 7) is 7.21. The van der Waals surface area contributed by atoms with E-state index in [4.69, 9.17) is 40.2 Å². The zero-order valence-electron chi connectivity index (χ0n) is 16.6. The number of rotatable bonds is 4. The lowest BCUT2D eigenvalue weighted by atomic mass is 10.1. The van der Waals surface area contributed by atoms with Crippen molar-refractivity contribution < 1.29 is 9.53 Å². The van der Waals surface area contributed by atoms with E-state index >= 15 is 0 Å². The standard InChI is InChI=1S/C20H23Cl2N3O2S2/c1-4-14-12(2)29-18(17(14)19(26)27-3)23-20(28)25-9-7-24(8-10-25)13-5-6-15(21)16(22)11-13/h5-6,11H,4,7-10H2,1-3H3,(H,23,28). The van der Waals surface area contributed by atoms with Crippen LogP contribution in [0.3, 0.4) is 0 Å². The van der Waals surface area contributed by atoms with Gasteiger partial charge in [0.15, 0.2) is 5.11 Å². The molecule has 1 aromatic heterocycles. The van der Waals surface area contributed by atoms with Crippen LogP contribution in [-0.2, 0) is 11.2 Å². The second-order valence-corrected chi connectivity index (χ2v) is 9.11. The van der Waals surface area contributed by atoms with Crippen molar-refractivity contribution >= 4 is 68.5 Å². The number of anilines is 2. The minimum absolute atomic E-state index is 0.332. The third-order valence-electron chi connectivity index (χ3n) is 5.01. The molecular formula is C20H23Cl2N3O2S2. The SMILES string of the molecule is CCc1c(C)sc(NC(=S)N2CCN(c3ccc(Cl)c(Cl)c3)CC2)c1C(=O)OC. The molecule has 0 spiro atoms. The summed E-state index contributed by atoms with van der Waals surface area (Å²) in [5.41, 5.74) is 2.65. The quantitative estimate of drug-likeness (QED) is 0.486. The van der Waals surface area contributed by atoms with Crippen molar-refractivity contribution in [3.8, 4) is 0 Å². The van der Waals surface area contributed by atoms with Gasteiger partial charge in [0.05, 0.1) is 22.7 Å². The van der Waals surface area contributed by atoms with Crippen LogP contribution >= 0.6 is 46.8 Å². The molecule has 29 heavy (non-hydrogen) atoms. The van der Waals surface area contributed by atoms with E-state index < -0.39 is 0 Å². The Labute approximate surface area is 190 Å². The van der Waals surface area contributed by atoms with Gasteiger partial charge in [0.2, 0.25) is 0 Å². The Hall–Kier alpha value is -1.54. The lowest BCUT2D eigenvalue weighted by molar-refractivity contribution is 0.0601. The van der Waals surface area contributed by atoms with Crippen LogP contribution in [0.4, 0.5) is 10.7 Å². The molecule has 0 unspecified atom stereocenters. The van der Waals surface area contributed by atoms with E-state index in [1.165, 1.54) is 18.4 Å². The van der Waals surface area contributed by atoms with E-state index in [1.54, 1.807) is 0 Å². The van der Waals surface area contributed by atoms with Crippen molar-refractivity contribution in [1.82, 2.24) is 4.90 Å². The number of halogens is 2. The molecule has 0 aliphatic carbocycles. The average molecular weight is 472 g/mol. The molecule has 2 heterocycles. The first kappa shape index (κ1) is 22.2. The van der Waals surface area contributed by atoms with Crippen LogP contribution in [0.15, 0.2) is 18.2 Å². The molecule has 9 heteroatoms. The van der Waals surface area contributed by atoms with E-state index in [0.29, 0.717) is 20.7 Å². The summed E-state index contributed by atoms with van der Waals surface area (Å²) in [6, 6.07) is 5.68. The number of nitrogens with zero attached hydrogens (tertiary/aromatic N) is 2. The van der Waals surface area contributed by atoms with E-state index in [0.717, 1.165) is 53.7 Å². The number of thiocarbonyl (C=S) groups is 1. The fourth-order valence-electron chi connectivity index (χ4n) is 3.44. The molecule has 2 aromatic rings. The monoisotopic (exact) mass is 471 g/mol. The van der Waals surface area contributed by atoms with Gasteiger partial charge in [-0.3, -0.25) is 0 Å². The number of carbonyl (C=O) groups excluding carboxylic acids is 1. The Morgan fingerprint density at radius 3 is 2.52 bits per heavy atom. The number of esters is 1. The number of nitrogens with one attached hydrogen (secondary N) is 1. The Bertz CT molecular complexity index is 925. The fourth-order valence-corrected chi connectivity index (χ4v) is 5.21. The van der Waals surface area contributed by atoms with Gasteiger partial charge in [0, 0.05) is 36.7 Å². The smallest absolute Gasteiger partial charge is 0.341 e. The molecule has 1 aliphatic rings. The number of hydrogen-bond donors (Lipinski definition) is 1. The molecule has 1 saturated heterocycles. The van der Waals surface area contributed by atoms with Crippen LogP contribution in [-0.4, -0.2) is 49.3 Å². The summed E-state index contributed by atoms with van der Waals surface area (Å²) in [6.07, 6.45) is 0.767. The lowest BCUT2D eigenvalue weighted by Crippen LogP contribution is -2.50. The normalized spacial score (nSPS) is 14.1. The maximum absolute atomic E-state index is 12.3. The third-order valence-corrected chi connectivity index (χ3v) is 7.17. The number of carbonyl (C=O) groups is 1. The highest BCUT2D eigenvalue weighted by atomic mass is 35.5. The first-order chi connectivity index (χ1) is 13.8. The first-order valence-electron chi connectivity index (χ1n) is 9.32. The number of benzene rings is 1. The van der Waals surface area contributed by atoms with Crippen LogP contribution in [0.2, 0.25) is 10.0 Å². The van der Waals surface area contributed by atoms with Crippen molar-refractivity contribution in [3.63, 3.8) is 0 Å². The molecule has 156 valence electrons. The molecule has 0 saturated carbocycles. The van der Waals surface area contributed by atoms with Gasteiger partial charge >= 0.3 is 5.97 Å².